The van der Waals surface area contributed by atoms with E-state index < -0.39 is 18.1 Å². The molecule has 33 heavy (non-hydrogen) atoms. The van der Waals surface area contributed by atoms with Gasteiger partial charge in [-0.05, 0) is 42.5 Å². The van der Waals surface area contributed by atoms with Crippen LogP contribution in [0.1, 0.15) is 44.7 Å². The molecule has 3 aromatic rings. The molecule has 0 aliphatic rings. The Labute approximate surface area is 196 Å². The van der Waals surface area contributed by atoms with Gasteiger partial charge in [0.1, 0.15) is 12.6 Å². The first-order valence-corrected chi connectivity index (χ1v) is 11.3. The van der Waals surface area contributed by atoms with Crippen molar-refractivity contribution in [3.63, 3.8) is 0 Å². The number of hydrogen-bond donors (Lipinski definition) is 0. The van der Waals surface area contributed by atoms with Gasteiger partial charge in [-0.1, -0.05) is 86.6 Å². The Balaban J connectivity index is 2.04. The van der Waals surface area contributed by atoms with Crippen molar-refractivity contribution in [2.24, 2.45) is 0 Å². The third kappa shape index (κ3) is 5.80. The van der Waals surface area contributed by atoms with Crippen LogP contribution in [0.15, 0.2) is 78.9 Å². The minimum Gasteiger partial charge on any atom is -0.464 e. The molecule has 0 aliphatic carbocycles. The fourth-order valence-electron chi connectivity index (χ4n) is 3.78. The zero-order valence-corrected chi connectivity index (χ0v) is 19.7. The van der Waals surface area contributed by atoms with E-state index >= 15 is 0 Å². The van der Waals surface area contributed by atoms with E-state index in [-0.39, 0.29) is 19.1 Å². The van der Waals surface area contributed by atoms with Gasteiger partial charge in [0, 0.05) is 5.56 Å². The maximum Gasteiger partial charge on any atom is 0.415 e. The summed E-state index contributed by atoms with van der Waals surface area (Å²) in [6.45, 7) is 8.01. The number of ether oxygens (including phenoxy) is 2. The number of benzene rings is 3. The molecule has 0 bridgehead atoms. The number of carbonyl (C=O) groups is 2. The van der Waals surface area contributed by atoms with Crippen LogP contribution in [0.25, 0.3) is 11.1 Å². The van der Waals surface area contributed by atoms with Crippen LogP contribution in [0.4, 0.5) is 10.5 Å². The number of carbonyl (C=O) groups excluding carboxylic acids is 2. The Bertz CT molecular complexity index is 1080. The van der Waals surface area contributed by atoms with Gasteiger partial charge in [0.05, 0.1) is 12.3 Å². The largest absolute Gasteiger partial charge is 0.464 e. The number of nitrogens with zero attached hydrogens (tertiary/aromatic N) is 1. The van der Waals surface area contributed by atoms with Gasteiger partial charge in [0.15, 0.2) is 0 Å². The molecular formula is C28H31NO4. The molecular weight excluding hydrogens is 414 g/mol. The van der Waals surface area contributed by atoms with E-state index in [9.17, 15) is 9.59 Å². The van der Waals surface area contributed by atoms with Gasteiger partial charge in [0.2, 0.25) is 0 Å². The van der Waals surface area contributed by atoms with Crippen molar-refractivity contribution in [2.75, 3.05) is 11.5 Å². The van der Waals surface area contributed by atoms with Gasteiger partial charge in [0.25, 0.3) is 0 Å². The SMILES string of the molecule is CCOC(=O)[C@H](C)N(C(=O)OCc1ccccc1)c1ccccc1-c1ccccc1C(C)C. The molecule has 3 rings (SSSR count). The van der Waals surface area contributed by atoms with Crippen LogP contribution in [0.3, 0.4) is 0 Å². The molecule has 0 aromatic heterocycles. The fraction of sp³-hybridized carbons (Fsp3) is 0.286. The number of amides is 1. The summed E-state index contributed by atoms with van der Waals surface area (Å²) in [7, 11) is 0. The Morgan fingerprint density at radius 3 is 2.06 bits per heavy atom. The summed E-state index contributed by atoms with van der Waals surface area (Å²) in [4.78, 5) is 27.4. The second-order valence-electron chi connectivity index (χ2n) is 8.10. The molecule has 0 N–H and O–H groups in total. The number of anilines is 1. The van der Waals surface area contributed by atoms with Crippen molar-refractivity contribution in [2.45, 2.75) is 46.3 Å². The number of hydrogen-bond acceptors (Lipinski definition) is 4. The van der Waals surface area contributed by atoms with Crippen molar-refractivity contribution in [1.82, 2.24) is 0 Å². The quantitative estimate of drug-likeness (QED) is 0.368. The first-order chi connectivity index (χ1) is 15.9. The maximum atomic E-state index is 13.4. The summed E-state index contributed by atoms with van der Waals surface area (Å²) in [5.41, 5.74) is 4.50. The van der Waals surface area contributed by atoms with Gasteiger partial charge in [-0.2, -0.15) is 0 Å². The lowest BCUT2D eigenvalue weighted by Crippen LogP contribution is -2.45. The van der Waals surface area contributed by atoms with Crippen LogP contribution in [-0.4, -0.2) is 24.7 Å². The van der Waals surface area contributed by atoms with Crippen LogP contribution >= 0.6 is 0 Å². The molecule has 0 heterocycles. The monoisotopic (exact) mass is 445 g/mol. The molecule has 5 heteroatoms. The molecule has 0 aliphatic heterocycles. The van der Waals surface area contributed by atoms with Gasteiger partial charge in [-0.25, -0.2) is 9.59 Å². The van der Waals surface area contributed by atoms with Crippen LogP contribution in [-0.2, 0) is 20.9 Å². The minimum absolute atomic E-state index is 0.108. The summed E-state index contributed by atoms with van der Waals surface area (Å²) in [5.74, 6) is -0.198. The average molecular weight is 446 g/mol. The van der Waals surface area contributed by atoms with Crippen molar-refractivity contribution in [1.29, 1.82) is 0 Å². The van der Waals surface area contributed by atoms with Crippen molar-refractivity contribution < 1.29 is 19.1 Å². The molecule has 0 radical (unpaired) electrons. The molecule has 0 fully saturated rings. The average Bonchev–Trinajstić information content (AvgIpc) is 2.84. The lowest BCUT2D eigenvalue weighted by molar-refractivity contribution is -0.144. The zero-order valence-electron chi connectivity index (χ0n) is 19.7. The standard InChI is InChI=1S/C28H31NO4/c1-5-32-27(30)21(4)29(28(31)33-19-22-13-7-6-8-14-22)26-18-12-11-17-25(26)24-16-10-9-15-23(24)20(2)3/h6-18,20-21H,5,19H2,1-4H3/t21-/m0/s1. The van der Waals surface area contributed by atoms with Gasteiger partial charge in [-0.15, -0.1) is 0 Å². The van der Waals surface area contributed by atoms with E-state index in [1.165, 1.54) is 4.90 Å². The molecule has 0 unspecified atom stereocenters. The van der Waals surface area contributed by atoms with E-state index in [4.69, 9.17) is 9.47 Å². The van der Waals surface area contributed by atoms with Crippen LogP contribution in [0.2, 0.25) is 0 Å². The predicted molar refractivity (Wildman–Crippen MR) is 131 cm³/mol. The highest BCUT2D eigenvalue weighted by Gasteiger charge is 2.32. The van der Waals surface area contributed by atoms with E-state index in [1.54, 1.807) is 13.8 Å². The van der Waals surface area contributed by atoms with E-state index in [0.29, 0.717) is 5.69 Å². The Hall–Kier alpha value is -3.60. The number of rotatable bonds is 8. The first-order valence-electron chi connectivity index (χ1n) is 11.3. The lowest BCUT2D eigenvalue weighted by Gasteiger charge is -2.29. The topological polar surface area (TPSA) is 55.8 Å². The molecule has 0 saturated heterocycles. The minimum atomic E-state index is -0.861. The van der Waals surface area contributed by atoms with Crippen molar-refractivity contribution in [3.8, 4) is 11.1 Å². The normalized spacial score (nSPS) is 11.7. The Morgan fingerprint density at radius 1 is 0.788 bits per heavy atom. The zero-order chi connectivity index (χ0) is 23.8. The molecule has 0 spiro atoms. The van der Waals surface area contributed by atoms with Gasteiger partial charge >= 0.3 is 12.1 Å². The first kappa shape index (κ1) is 24.1. The van der Waals surface area contributed by atoms with Crippen LogP contribution in [0.5, 0.6) is 0 Å². The molecule has 3 aromatic carbocycles. The molecule has 5 nitrogen and oxygen atoms in total. The van der Waals surface area contributed by atoms with Crippen LogP contribution < -0.4 is 4.90 Å². The molecule has 172 valence electrons. The van der Waals surface area contributed by atoms with E-state index in [2.05, 4.69) is 19.9 Å². The van der Waals surface area contributed by atoms with Gasteiger partial charge < -0.3 is 9.47 Å². The lowest BCUT2D eigenvalue weighted by atomic mass is 9.91. The summed E-state index contributed by atoms with van der Waals surface area (Å²) in [6, 6.07) is 24.3. The number of para-hydroxylation sites is 1. The Kier molecular flexibility index (Phi) is 8.25. The second-order valence-corrected chi connectivity index (χ2v) is 8.10. The summed E-state index contributed by atoms with van der Waals surface area (Å²) < 4.78 is 10.9. The van der Waals surface area contributed by atoms with Gasteiger partial charge in [-0.3, -0.25) is 4.90 Å². The highest BCUT2D eigenvalue weighted by molar-refractivity contribution is 5.99. The maximum absolute atomic E-state index is 13.4. The predicted octanol–water partition coefficient (Wildman–Crippen LogP) is 6.57. The third-order valence-electron chi connectivity index (χ3n) is 5.45. The smallest absolute Gasteiger partial charge is 0.415 e. The van der Waals surface area contributed by atoms with Crippen molar-refractivity contribution >= 4 is 17.7 Å². The Morgan fingerprint density at radius 2 is 1.39 bits per heavy atom. The fourth-order valence-corrected chi connectivity index (χ4v) is 3.78. The third-order valence-corrected chi connectivity index (χ3v) is 5.45. The van der Waals surface area contributed by atoms with Crippen molar-refractivity contribution in [3.05, 3.63) is 90.0 Å². The van der Waals surface area contributed by atoms with E-state index in [0.717, 1.165) is 22.3 Å². The molecule has 1 atom stereocenters. The second kappa shape index (κ2) is 11.3. The van der Waals surface area contributed by atoms with E-state index in [1.807, 2.05) is 72.8 Å². The molecule has 1 amide bonds. The highest BCUT2D eigenvalue weighted by Crippen LogP contribution is 2.37. The summed E-state index contributed by atoms with van der Waals surface area (Å²) >= 11 is 0. The number of esters is 1. The highest BCUT2D eigenvalue weighted by atomic mass is 16.6. The van der Waals surface area contributed by atoms with Crippen LogP contribution in [0, 0.1) is 0 Å². The molecule has 0 saturated carbocycles. The summed E-state index contributed by atoms with van der Waals surface area (Å²) in [5, 5.41) is 0. The summed E-state index contributed by atoms with van der Waals surface area (Å²) in [6.07, 6.45) is -0.603.